The quantitative estimate of drug-likeness (QED) is 0.563. The topological polar surface area (TPSA) is 44.1 Å². The van der Waals surface area contributed by atoms with Crippen LogP contribution in [0.5, 0.6) is 0 Å². The van der Waals surface area contributed by atoms with E-state index in [1.165, 1.54) is 0 Å². The van der Waals surface area contributed by atoms with Gasteiger partial charge in [-0.15, -0.1) is 0 Å². The number of aliphatic hydroxyl groups is 1. The third-order valence-electron chi connectivity index (χ3n) is 1.65. The van der Waals surface area contributed by atoms with Gasteiger partial charge in [0.05, 0.1) is 6.61 Å². The van der Waals surface area contributed by atoms with Crippen molar-refractivity contribution in [3.8, 4) is 0 Å². The average Bonchev–Trinajstić information content (AvgIpc) is 1.91. The minimum Gasteiger partial charge on any atom is -0.396 e. The lowest BCUT2D eigenvalue weighted by Crippen LogP contribution is -2.16. The summed E-state index contributed by atoms with van der Waals surface area (Å²) in [5.74, 6) is 0.0711. The van der Waals surface area contributed by atoms with E-state index >= 15 is 0 Å². The summed E-state index contributed by atoms with van der Waals surface area (Å²) in [5.41, 5.74) is 0.639. The molecule has 2 heteroatoms. The summed E-state index contributed by atoms with van der Waals surface area (Å²) in [7, 11) is 0. The van der Waals surface area contributed by atoms with Crippen LogP contribution >= 0.6 is 0 Å². The van der Waals surface area contributed by atoms with E-state index in [0.29, 0.717) is 5.71 Å². The first-order valence-electron chi connectivity index (χ1n) is 3.73. The third kappa shape index (κ3) is 2.97. The molecule has 2 nitrogen and oxygen atoms in total. The molecule has 0 saturated carbocycles. The number of nitrogens with one attached hydrogen (secondary N) is 1. The fourth-order valence-electron chi connectivity index (χ4n) is 0.880. The predicted molar refractivity (Wildman–Crippen MR) is 43.2 cm³/mol. The first kappa shape index (κ1) is 9.63. The largest absolute Gasteiger partial charge is 0.396 e. The van der Waals surface area contributed by atoms with Crippen molar-refractivity contribution in [2.45, 2.75) is 26.2 Å². The van der Waals surface area contributed by atoms with E-state index in [0.717, 1.165) is 19.3 Å². The van der Waals surface area contributed by atoms with Crippen molar-refractivity contribution in [2.75, 3.05) is 6.61 Å². The standard InChI is InChI=1S/C8H16NO/c1-3-5-8(9)7(4-2)6-10/h7,9-10H,1,3-6H2,2H3. The summed E-state index contributed by atoms with van der Waals surface area (Å²) in [4.78, 5) is 0. The Bertz CT molecular complexity index is 97.4. The zero-order valence-electron chi connectivity index (χ0n) is 6.56. The predicted octanol–water partition coefficient (Wildman–Crippen LogP) is 1.64. The molecule has 10 heavy (non-hydrogen) atoms. The van der Waals surface area contributed by atoms with Crippen molar-refractivity contribution >= 4 is 5.71 Å². The number of rotatable bonds is 5. The summed E-state index contributed by atoms with van der Waals surface area (Å²) in [5, 5.41) is 16.2. The van der Waals surface area contributed by atoms with E-state index < -0.39 is 0 Å². The van der Waals surface area contributed by atoms with Crippen molar-refractivity contribution in [3.05, 3.63) is 6.92 Å². The van der Waals surface area contributed by atoms with E-state index in [1.54, 1.807) is 0 Å². The van der Waals surface area contributed by atoms with E-state index in [2.05, 4.69) is 6.92 Å². The van der Waals surface area contributed by atoms with Crippen LogP contribution in [0.4, 0.5) is 0 Å². The summed E-state index contributed by atoms with van der Waals surface area (Å²) < 4.78 is 0. The normalized spacial score (nSPS) is 13.1. The summed E-state index contributed by atoms with van der Waals surface area (Å²) in [6.07, 6.45) is 2.34. The second-order valence-electron chi connectivity index (χ2n) is 2.42. The molecule has 0 heterocycles. The van der Waals surface area contributed by atoms with Crippen molar-refractivity contribution < 1.29 is 5.11 Å². The first-order chi connectivity index (χ1) is 4.76. The van der Waals surface area contributed by atoms with Gasteiger partial charge in [-0.05, 0) is 19.3 Å². The van der Waals surface area contributed by atoms with Gasteiger partial charge in [0, 0.05) is 11.6 Å². The van der Waals surface area contributed by atoms with Gasteiger partial charge in [0.1, 0.15) is 0 Å². The average molecular weight is 142 g/mol. The molecule has 1 atom stereocenters. The van der Waals surface area contributed by atoms with Gasteiger partial charge < -0.3 is 10.5 Å². The van der Waals surface area contributed by atoms with E-state index in [4.69, 9.17) is 10.5 Å². The zero-order valence-corrected chi connectivity index (χ0v) is 6.56. The molecular formula is C8H16NO. The summed E-state index contributed by atoms with van der Waals surface area (Å²) in [6, 6.07) is 0. The molecule has 0 amide bonds. The molecule has 2 N–H and O–H groups in total. The van der Waals surface area contributed by atoms with E-state index in [1.807, 2.05) is 6.92 Å². The van der Waals surface area contributed by atoms with Crippen LogP contribution in [-0.2, 0) is 0 Å². The third-order valence-corrected chi connectivity index (χ3v) is 1.65. The number of hydrogen-bond donors (Lipinski definition) is 2. The van der Waals surface area contributed by atoms with Crippen LogP contribution in [0.15, 0.2) is 0 Å². The maximum Gasteiger partial charge on any atom is 0.0511 e. The highest BCUT2D eigenvalue weighted by Crippen LogP contribution is 2.06. The highest BCUT2D eigenvalue weighted by atomic mass is 16.3. The summed E-state index contributed by atoms with van der Waals surface area (Å²) >= 11 is 0. The van der Waals surface area contributed by atoms with Crippen LogP contribution in [0.25, 0.3) is 0 Å². The van der Waals surface area contributed by atoms with Crippen LogP contribution in [0.1, 0.15) is 26.2 Å². The van der Waals surface area contributed by atoms with Crippen molar-refractivity contribution in [3.63, 3.8) is 0 Å². The van der Waals surface area contributed by atoms with Gasteiger partial charge in [-0.25, -0.2) is 0 Å². The molecule has 0 rings (SSSR count). The van der Waals surface area contributed by atoms with Gasteiger partial charge >= 0.3 is 0 Å². The highest BCUT2D eigenvalue weighted by molar-refractivity contribution is 5.83. The lowest BCUT2D eigenvalue weighted by molar-refractivity contribution is 0.257. The smallest absolute Gasteiger partial charge is 0.0511 e. The molecular weight excluding hydrogens is 126 g/mol. The van der Waals surface area contributed by atoms with Gasteiger partial charge in [0.2, 0.25) is 0 Å². The van der Waals surface area contributed by atoms with Crippen molar-refractivity contribution in [1.82, 2.24) is 0 Å². The van der Waals surface area contributed by atoms with Crippen LogP contribution in [0.3, 0.4) is 0 Å². The molecule has 0 aliphatic heterocycles. The van der Waals surface area contributed by atoms with Crippen molar-refractivity contribution in [1.29, 1.82) is 5.41 Å². The van der Waals surface area contributed by atoms with Gasteiger partial charge in [0.25, 0.3) is 0 Å². The van der Waals surface area contributed by atoms with Crippen LogP contribution < -0.4 is 0 Å². The number of hydrogen-bond acceptors (Lipinski definition) is 2. The Morgan fingerprint density at radius 3 is 2.60 bits per heavy atom. The van der Waals surface area contributed by atoms with Gasteiger partial charge in [-0.3, -0.25) is 0 Å². The van der Waals surface area contributed by atoms with Gasteiger partial charge in [-0.2, -0.15) is 0 Å². The van der Waals surface area contributed by atoms with Crippen LogP contribution in [0.2, 0.25) is 0 Å². The maximum absolute atomic E-state index is 8.76. The molecule has 0 aromatic rings. The van der Waals surface area contributed by atoms with E-state index in [9.17, 15) is 0 Å². The van der Waals surface area contributed by atoms with Gasteiger partial charge in [-0.1, -0.05) is 13.8 Å². The Hall–Kier alpha value is -0.370. The fourth-order valence-corrected chi connectivity index (χ4v) is 0.880. The molecule has 0 aliphatic rings. The molecule has 0 bridgehead atoms. The summed E-state index contributed by atoms with van der Waals surface area (Å²) in [6.45, 7) is 5.75. The Balaban J connectivity index is 3.65. The fraction of sp³-hybridized carbons (Fsp3) is 0.750. The second kappa shape index (κ2) is 5.42. The Kier molecular flexibility index (Phi) is 5.22. The first-order valence-corrected chi connectivity index (χ1v) is 3.73. The SMILES string of the molecule is [CH2]CCC(=N)C(CC)CO. The number of aliphatic hydroxyl groups excluding tert-OH is 1. The molecule has 0 aliphatic carbocycles. The molecule has 1 radical (unpaired) electrons. The minimum absolute atomic E-state index is 0.0711. The molecule has 0 aromatic carbocycles. The molecule has 1 unspecified atom stereocenters. The molecule has 59 valence electrons. The zero-order chi connectivity index (χ0) is 7.98. The Morgan fingerprint density at radius 1 is 1.70 bits per heavy atom. The molecule has 0 fully saturated rings. The molecule has 0 spiro atoms. The van der Waals surface area contributed by atoms with Crippen LogP contribution in [-0.4, -0.2) is 17.4 Å². The van der Waals surface area contributed by atoms with Crippen LogP contribution in [0, 0.1) is 18.3 Å². The monoisotopic (exact) mass is 142 g/mol. The highest BCUT2D eigenvalue weighted by Gasteiger charge is 2.08. The van der Waals surface area contributed by atoms with Crippen molar-refractivity contribution in [2.24, 2.45) is 5.92 Å². The van der Waals surface area contributed by atoms with E-state index in [-0.39, 0.29) is 12.5 Å². The Morgan fingerprint density at radius 2 is 2.30 bits per heavy atom. The maximum atomic E-state index is 8.76. The lowest BCUT2D eigenvalue weighted by Gasteiger charge is -2.11. The lowest BCUT2D eigenvalue weighted by atomic mass is 9.98. The second-order valence-corrected chi connectivity index (χ2v) is 2.42. The Labute approximate surface area is 62.8 Å². The minimum atomic E-state index is 0.0711. The molecule has 0 aromatic heterocycles. The molecule has 0 saturated heterocycles. The van der Waals surface area contributed by atoms with Gasteiger partial charge in [0.15, 0.2) is 0 Å².